The summed E-state index contributed by atoms with van der Waals surface area (Å²) in [5.74, 6) is -0.966. The molecule has 1 fully saturated rings. The third-order valence-corrected chi connectivity index (χ3v) is 5.56. The maximum Gasteiger partial charge on any atom is 0.274 e. The van der Waals surface area contributed by atoms with Gasteiger partial charge in [-0.25, -0.2) is 4.39 Å². The molecule has 154 valence electrons. The molecule has 0 aliphatic carbocycles. The van der Waals surface area contributed by atoms with E-state index in [1.807, 2.05) is 13.8 Å². The number of fused-ring (bicyclic) bond motifs is 1. The van der Waals surface area contributed by atoms with Gasteiger partial charge in [-0.1, -0.05) is 17.7 Å². The van der Waals surface area contributed by atoms with Crippen molar-refractivity contribution in [2.75, 3.05) is 19.6 Å². The number of aromatic nitrogens is 2. The molecule has 2 aromatic rings. The molecule has 0 bridgehead atoms. The van der Waals surface area contributed by atoms with Gasteiger partial charge >= 0.3 is 0 Å². The largest absolute Gasteiger partial charge is 0.372 e. The van der Waals surface area contributed by atoms with E-state index in [-0.39, 0.29) is 46.8 Å². The Morgan fingerprint density at radius 2 is 2.00 bits per heavy atom. The highest BCUT2D eigenvalue weighted by Gasteiger charge is 2.32. The van der Waals surface area contributed by atoms with Gasteiger partial charge in [-0.2, -0.15) is 5.10 Å². The zero-order valence-electron chi connectivity index (χ0n) is 16.3. The number of halogens is 2. The number of benzene rings is 1. The van der Waals surface area contributed by atoms with Crippen molar-refractivity contribution in [1.82, 2.24) is 19.6 Å². The number of hydrogen-bond donors (Lipinski definition) is 0. The van der Waals surface area contributed by atoms with Crippen molar-refractivity contribution < 1.29 is 18.7 Å². The first kappa shape index (κ1) is 19.8. The molecule has 9 heteroatoms. The highest BCUT2D eigenvalue weighted by molar-refractivity contribution is 6.31. The third kappa shape index (κ3) is 3.86. The lowest BCUT2D eigenvalue weighted by Gasteiger charge is -2.34. The van der Waals surface area contributed by atoms with Gasteiger partial charge in [0.25, 0.3) is 11.8 Å². The summed E-state index contributed by atoms with van der Waals surface area (Å²) in [6, 6.07) is 5.96. The van der Waals surface area contributed by atoms with Crippen molar-refractivity contribution in [2.45, 2.75) is 39.1 Å². The van der Waals surface area contributed by atoms with E-state index in [1.165, 1.54) is 23.1 Å². The maximum atomic E-state index is 14.1. The molecule has 0 radical (unpaired) electrons. The SMILES string of the molecule is C[C@H]1CN(C(=O)c2cc3n(n2)CCN(Cc2c(F)cccc2Cl)C3=O)C[C@H](C)O1. The molecule has 0 unspecified atom stereocenters. The van der Waals surface area contributed by atoms with Gasteiger partial charge in [0.15, 0.2) is 5.69 Å². The smallest absolute Gasteiger partial charge is 0.274 e. The number of rotatable bonds is 3. The molecule has 3 heterocycles. The van der Waals surface area contributed by atoms with Crippen LogP contribution in [0.1, 0.15) is 40.4 Å². The highest BCUT2D eigenvalue weighted by Crippen LogP contribution is 2.24. The second-order valence-electron chi connectivity index (χ2n) is 7.53. The molecule has 2 amide bonds. The number of carbonyl (C=O) groups excluding carboxylic acids is 2. The van der Waals surface area contributed by atoms with Crippen LogP contribution in [-0.4, -0.2) is 63.2 Å². The number of ether oxygens (including phenoxy) is 1. The summed E-state index contributed by atoms with van der Waals surface area (Å²) in [6.45, 7) is 5.66. The average Bonchev–Trinajstić information content (AvgIpc) is 3.10. The standard InChI is InChI=1S/C20H22ClFN4O3/c1-12-9-25(10-13(2)29-12)19(27)17-8-18-20(28)24(6-7-26(18)23-17)11-14-15(21)4-3-5-16(14)22/h3-5,8,12-13H,6-7,9-11H2,1-2H3/t12-,13-/m0/s1. The Morgan fingerprint density at radius 1 is 1.28 bits per heavy atom. The van der Waals surface area contributed by atoms with Gasteiger partial charge in [0.05, 0.1) is 25.3 Å². The lowest BCUT2D eigenvalue weighted by atomic mass is 10.1. The van der Waals surface area contributed by atoms with Crippen LogP contribution in [0, 0.1) is 5.82 Å². The van der Waals surface area contributed by atoms with Crippen LogP contribution < -0.4 is 0 Å². The first-order chi connectivity index (χ1) is 13.8. The Morgan fingerprint density at radius 3 is 2.69 bits per heavy atom. The van der Waals surface area contributed by atoms with Crippen LogP contribution in [-0.2, 0) is 17.8 Å². The molecule has 1 saturated heterocycles. The quantitative estimate of drug-likeness (QED) is 0.765. The fourth-order valence-corrected chi connectivity index (χ4v) is 4.10. The Labute approximate surface area is 173 Å². The van der Waals surface area contributed by atoms with Crippen molar-refractivity contribution in [3.8, 4) is 0 Å². The van der Waals surface area contributed by atoms with Gasteiger partial charge in [0.2, 0.25) is 0 Å². The molecule has 1 aromatic heterocycles. The predicted molar refractivity (Wildman–Crippen MR) is 104 cm³/mol. The molecule has 0 saturated carbocycles. The normalized spacial score (nSPS) is 22.0. The lowest BCUT2D eigenvalue weighted by Crippen LogP contribution is -2.48. The first-order valence-electron chi connectivity index (χ1n) is 9.58. The number of hydrogen-bond acceptors (Lipinski definition) is 4. The van der Waals surface area contributed by atoms with E-state index in [1.54, 1.807) is 15.6 Å². The van der Waals surface area contributed by atoms with Crippen LogP contribution in [0.25, 0.3) is 0 Å². The molecule has 2 atom stereocenters. The monoisotopic (exact) mass is 420 g/mol. The number of morpholine rings is 1. The predicted octanol–water partition coefficient (Wildman–Crippen LogP) is 2.58. The molecular formula is C20H22ClFN4O3. The van der Waals surface area contributed by atoms with Gasteiger partial charge in [0.1, 0.15) is 11.5 Å². The minimum Gasteiger partial charge on any atom is -0.372 e. The zero-order chi connectivity index (χ0) is 20.7. The van der Waals surface area contributed by atoms with E-state index in [4.69, 9.17) is 16.3 Å². The van der Waals surface area contributed by atoms with Crippen molar-refractivity contribution in [3.05, 3.63) is 52.1 Å². The lowest BCUT2D eigenvalue weighted by molar-refractivity contribution is -0.0587. The summed E-state index contributed by atoms with van der Waals surface area (Å²) in [6.07, 6.45) is -0.106. The molecule has 7 nitrogen and oxygen atoms in total. The number of carbonyl (C=O) groups is 2. The topological polar surface area (TPSA) is 67.7 Å². The summed E-state index contributed by atoms with van der Waals surface area (Å²) in [5, 5.41) is 4.62. The fourth-order valence-electron chi connectivity index (χ4n) is 3.87. The molecule has 0 N–H and O–H groups in total. The van der Waals surface area contributed by atoms with Gasteiger partial charge in [-0.05, 0) is 26.0 Å². The second-order valence-corrected chi connectivity index (χ2v) is 7.94. The van der Waals surface area contributed by atoms with E-state index >= 15 is 0 Å². The second kappa shape index (κ2) is 7.76. The maximum absolute atomic E-state index is 14.1. The molecule has 2 aliphatic heterocycles. The summed E-state index contributed by atoms with van der Waals surface area (Å²) in [4.78, 5) is 29.0. The Bertz CT molecular complexity index is 933. The molecule has 29 heavy (non-hydrogen) atoms. The van der Waals surface area contributed by atoms with Gasteiger partial charge in [0, 0.05) is 36.3 Å². The molecular weight excluding hydrogens is 399 g/mol. The van der Waals surface area contributed by atoms with Crippen LogP contribution in [0.5, 0.6) is 0 Å². The van der Waals surface area contributed by atoms with Crippen molar-refractivity contribution >= 4 is 23.4 Å². The van der Waals surface area contributed by atoms with Crippen LogP contribution in [0.4, 0.5) is 4.39 Å². The van der Waals surface area contributed by atoms with Crippen LogP contribution >= 0.6 is 11.6 Å². The zero-order valence-corrected chi connectivity index (χ0v) is 17.0. The average molecular weight is 421 g/mol. The van der Waals surface area contributed by atoms with Crippen molar-refractivity contribution in [3.63, 3.8) is 0 Å². The van der Waals surface area contributed by atoms with Crippen LogP contribution in [0.2, 0.25) is 5.02 Å². The van der Waals surface area contributed by atoms with Crippen molar-refractivity contribution in [1.29, 1.82) is 0 Å². The Hall–Kier alpha value is -2.45. The molecule has 4 rings (SSSR count). The fraction of sp³-hybridized carbons (Fsp3) is 0.450. The molecule has 0 spiro atoms. The van der Waals surface area contributed by atoms with Gasteiger partial charge < -0.3 is 14.5 Å². The van der Waals surface area contributed by atoms with E-state index in [2.05, 4.69) is 5.10 Å². The summed E-state index contributed by atoms with van der Waals surface area (Å²) in [7, 11) is 0. The number of amides is 2. The minimum absolute atomic E-state index is 0.0532. The van der Waals surface area contributed by atoms with E-state index in [9.17, 15) is 14.0 Å². The first-order valence-corrected chi connectivity index (χ1v) is 9.96. The number of nitrogens with zero attached hydrogens (tertiary/aromatic N) is 4. The van der Waals surface area contributed by atoms with Gasteiger partial charge in [-0.3, -0.25) is 14.3 Å². The highest BCUT2D eigenvalue weighted by atomic mass is 35.5. The van der Waals surface area contributed by atoms with E-state index in [0.29, 0.717) is 31.9 Å². The molecule has 2 aliphatic rings. The van der Waals surface area contributed by atoms with Crippen LogP contribution in [0.3, 0.4) is 0 Å². The minimum atomic E-state index is -0.448. The van der Waals surface area contributed by atoms with E-state index < -0.39 is 5.82 Å². The Kier molecular flexibility index (Phi) is 5.31. The summed E-state index contributed by atoms with van der Waals surface area (Å²) < 4.78 is 21.3. The van der Waals surface area contributed by atoms with Crippen LogP contribution in [0.15, 0.2) is 24.3 Å². The summed E-state index contributed by atoms with van der Waals surface area (Å²) >= 11 is 6.10. The van der Waals surface area contributed by atoms with E-state index in [0.717, 1.165) is 0 Å². The van der Waals surface area contributed by atoms with Crippen molar-refractivity contribution in [2.24, 2.45) is 0 Å². The Balaban J connectivity index is 1.53. The van der Waals surface area contributed by atoms with Gasteiger partial charge in [-0.15, -0.1) is 0 Å². The third-order valence-electron chi connectivity index (χ3n) is 5.20. The summed E-state index contributed by atoms with van der Waals surface area (Å²) in [5.41, 5.74) is 0.838. The molecule has 1 aromatic carbocycles.